The third kappa shape index (κ3) is 3.79. The van der Waals surface area contributed by atoms with Gasteiger partial charge in [0.1, 0.15) is 0 Å². The van der Waals surface area contributed by atoms with Crippen LogP contribution in [-0.4, -0.2) is 39.5 Å². The zero-order valence-corrected chi connectivity index (χ0v) is 13.0. The minimum Gasteiger partial charge on any atom is -0.346 e. The molecule has 0 bridgehead atoms. The molecule has 20 heavy (non-hydrogen) atoms. The summed E-state index contributed by atoms with van der Waals surface area (Å²) in [5.74, 6) is -0.155. The first kappa shape index (κ1) is 15.0. The predicted octanol–water partition coefficient (Wildman–Crippen LogP) is 1.37. The molecule has 6 heteroatoms. The molecule has 1 aliphatic rings. The van der Waals surface area contributed by atoms with Crippen LogP contribution < -0.4 is 10.6 Å². The number of aromatic nitrogens is 3. The topological polar surface area (TPSA) is 71.8 Å². The van der Waals surface area contributed by atoms with Gasteiger partial charge in [-0.1, -0.05) is 26.0 Å². The SMILES string of the molecule is CC(C)(C)CC(C)(C)NC(=O)c1cn(C2CNC2)nn1. The lowest BCUT2D eigenvalue weighted by atomic mass is 9.82. The van der Waals surface area contributed by atoms with Gasteiger partial charge in [-0.2, -0.15) is 0 Å². The van der Waals surface area contributed by atoms with Crippen molar-refractivity contribution in [3.05, 3.63) is 11.9 Å². The van der Waals surface area contributed by atoms with E-state index in [0.29, 0.717) is 11.7 Å². The van der Waals surface area contributed by atoms with E-state index in [1.807, 2.05) is 13.8 Å². The molecule has 2 heterocycles. The summed E-state index contributed by atoms with van der Waals surface area (Å²) in [6.07, 6.45) is 2.63. The number of nitrogens with zero attached hydrogens (tertiary/aromatic N) is 3. The summed E-state index contributed by atoms with van der Waals surface area (Å²) in [4.78, 5) is 12.2. The molecule has 1 aromatic rings. The summed E-state index contributed by atoms with van der Waals surface area (Å²) < 4.78 is 1.77. The zero-order valence-electron chi connectivity index (χ0n) is 13.0. The van der Waals surface area contributed by atoms with Gasteiger partial charge in [-0.05, 0) is 25.7 Å². The highest BCUT2D eigenvalue weighted by molar-refractivity contribution is 5.92. The molecule has 2 N–H and O–H groups in total. The van der Waals surface area contributed by atoms with Crippen LogP contribution in [-0.2, 0) is 0 Å². The molecule has 0 unspecified atom stereocenters. The molecule has 2 rings (SSSR count). The first-order valence-corrected chi connectivity index (χ1v) is 7.11. The fourth-order valence-electron chi connectivity index (χ4n) is 2.76. The van der Waals surface area contributed by atoms with Crippen LogP contribution in [0, 0.1) is 5.41 Å². The van der Waals surface area contributed by atoms with Crippen molar-refractivity contribution in [2.75, 3.05) is 13.1 Å². The number of hydrogen-bond acceptors (Lipinski definition) is 4. The maximum atomic E-state index is 12.2. The van der Waals surface area contributed by atoms with Crippen molar-refractivity contribution in [3.8, 4) is 0 Å². The number of nitrogens with one attached hydrogen (secondary N) is 2. The van der Waals surface area contributed by atoms with E-state index in [1.165, 1.54) is 0 Å². The summed E-state index contributed by atoms with van der Waals surface area (Å²) in [7, 11) is 0. The smallest absolute Gasteiger partial charge is 0.273 e. The Morgan fingerprint density at radius 1 is 1.40 bits per heavy atom. The van der Waals surface area contributed by atoms with Gasteiger partial charge in [0.15, 0.2) is 5.69 Å². The van der Waals surface area contributed by atoms with Crippen LogP contribution in [0.1, 0.15) is 57.6 Å². The van der Waals surface area contributed by atoms with Gasteiger partial charge >= 0.3 is 0 Å². The van der Waals surface area contributed by atoms with E-state index in [-0.39, 0.29) is 16.9 Å². The van der Waals surface area contributed by atoms with Crippen molar-refractivity contribution < 1.29 is 4.79 Å². The number of carbonyl (C=O) groups excluding carboxylic acids is 1. The monoisotopic (exact) mass is 279 g/mol. The van der Waals surface area contributed by atoms with Crippen LogP contribution in [0.25, 0.3) is 0 Å². The molecular weight excluding hydrogens is 254 g/mol. The zero-order chi connectivity index (χ0) is 15.0. The number of rotatable bonds is 4. The van der Waals surface area contributed by atoms with Crippen molar-refractivity contribution in [3.63, 3.8) is 0 Å². The molecular formula is C14H25N5O. The Morgan fingerprint density at radius 2 is 2.05 bits per heavy atom. The average molecular weight is 279 g/mol. The molecule has 1 saturated heterocycles. The molecule has 1 aliphatic heterocycles. The van der Waals surface area contributed by atoms with E-state index in [4.69, 9.17) is 0 Å². The van der Waals surface area contributed by atoms with Crippen LogP contribution in [0.15, 0.2) is 6.20 Å². The Kier molecular flexibility index (Phi) is 3.86. The fraction of sp³-hybridized carbons (Fsp3) is 0.786. The second kappa shape index (κ2) is 5.16. The summed E-state index contributed by atoms with van der Waals surface area (Å²) in [5.41, 5.74) is 0.280. The van der Waals surface area contributed by atoms with Gasteiger partial charge in [0, 0.05) is 18.6 Å². The molecule has 0 radical (unpaired) electrons. The van der Waals surface area contributed by atoms with E-state index in [0.717, 1.165) is 19.5 Å². The molecule has 0 aromatic carbocycles. The van der Waals surface area contributed by atoms with Gasteiger partial charge in [0.2, 0.25) is 0 Å². The van der Waals surface area contributed by atoms with Gasteiger partial charge < -0.3 is 10.6 Å². The van der Waals surface area contributed by atoms with Crippen molar-refractivity contribution in [2.45, 2.75) is 52.6 Å². The standard InChI is InChI=1S/C14H25N5O/c1-13(2,3)9-14(4,5)16-12(20)11-8-19(18-17-11)10-6-15-7-10/h8,10,15H,6-7,9H2,1-5H3,(H,16,20). The maximum absolute atomic E-state index is 12.2. The predicted molar refractivity (Wildman–Crippen MR) is 77.5 cm³/mol. The summed E-state index contributed by atoms with van der Waals surface area (Å²) in [5, 5.41) is 14.2. The lowest BCUT2D eigenvalue weighted by Gasteiger charge is -2.33. The van der Waals surface area contributed by atoms with Gasteiger partial charge in [-0.25, -0.2) is 4.68 Å². The Hall–Kier alpha value is -1.43. The lowest BCUT2D eigenvalue weighted by molar-refractivity contribution is 0.0886. The summed E-state index contributed by atoms with van der Waals surface area (Å²) in [6, 6.07) is 0.326. The second-order valence-corrected chi connectivity index (χ2v) is 7.47. The van der Waals surface area contributed by atoms with Crippen LogP contribution >= 0.6 is 0 Å². The molecule has 0 aliphatic carbocycles. The highest BCUT2D eigenvalue weighted by Crippen LogP contribution is 2.26. The van der Waals surface area contributed by atoms with Gasteiger partial charge in [-0.15, -0.1) is 5.10 Å². The van der Waals surface area contributed by atoms with E-state index < -0.39 is 0 Å². The van der Waals surface area contributed by atoms with Crippen molar-refractivity contribution in [2.24, 2.45) is 5.41 Å². The average Bonchev–Trinajstić information content (AvgIpc) is 2.58. The Balaban J connectivity index is 1.98. The molecule has 0 atom stereocenters. The molecule has 0 spiro atoms. The summed E-state index contributed by atoms with van der Waals surface area (Å²) in [6.45, 7) is 12.4. The Bertz CT molecular complexity index is 482. The van der Waals surface area contributed by atoms with Crippen LogP contribution in [0.4, 0.5) is 0 Å². The highest BCUT2D eigenvalue weighted by atomic mass is 16.2. The number of carbonyl (C=O) groups is 1. The van der Waals surface area contributed by atoms with Gasteiger partial charge in [0.05, 0.1) is 12.2 Å². The van der Waals surface area contributed by atoms with E-state index in [9.17, 15) is 4.79 Å². The van der Waals surface area contributed by atoms with Gasteiger partial charge in [-0.3, -0.25) is 4.79 Å². The summed E-state index contributed by atoms with van der Waals surface area (Å²) >= 11 is 0. The van der Waals surface area contributed by atoms with E-state index >= 15 is 0 Å². The third-order valence-corrected chi connectivity index (χ3v) is 3.30. The lowest BCUT2D eigenvalue weighted by Crippen LogP contribution is -2.46. The van der Waals surface area contributed by atoms with E-state index in [1.54, 1.807) is 10.9 Å². The molecule has 1 aromatic heterocycles. The largest absolute Gasteiger partial charge is 0.346 e. The first-order chi connectivity index (χ1) is 9.16. The third-order valence-electron chi connectivity index (χ3n) is 3.30. The van der Waals surface area contributed by atoms with Gasteiger partial charge in [0.25, 0.3) is 5.91 Å². The van der Waals surface area contributed by atoms with Crippen LogP contribution in [0.5, 0.6) is 0 Å². The molecule has 0 saturated carbocycles. The Labute approximate surface area is 120 Å². The van der Waals surface area contributed by atoms with Crippen molar-refractivity contribution in [1.29, 1.82) is 0 Å². The Morgan fingerprint density at radius 3 is 2.55 bits per heavy atom. The fourth-order valence-corrected chi connectivity index (χ4v) is 2.76. The van der Waals surface area contributed by atoms with E-state index in [2.05, 4.69) is 41.7 Å². The van der Waals surface area contributed by atoms with Crippen molar-refractivity contribution >= 4 is 5.91 Å². The first-order valence-electron chi connectivity index (χ1n) is 7.11. The van der Waals surface area contributed by atoms with Crippen molar-refractivity contribution in [1.82, 2.24) is 25.6 Å². The highest BCUT2D eigenvalue weighted by Gasteiger charge is 2.29. The minimum atomic E-state index is -0.267. The number of hydrogen-bond donors (Lipinski definition) is 2. The maximum Gasteiger partial charge on any atom is 0.273 e. The minimum absolute atomic E-state index is 0.155. The quantitative estimate of drug-likeness (QED) is 0.873. The van der Waals surface area contributed by atoms with Crippen LogP contribution in [0.2, 0.25) is 0 Å². The van der Waals surface area contributed by atoms with Crippen LogP contribution in [0.3, 0.4) is 0 Å². The molecule has 1 fully saturated rings. The normalized spacial score (nSPS) is 16.9. The molecule has 112 valence electrons. The number of amides is 1. The molecule has 1 amide bonds. The second-order valence-electron chi connectivity index (χ2n) is 7.47. The molecule has 6 nitrogen and oxygen atoms in total.